The van der Waals surface area contributed by atoms with Crippen LogP contribution in [0.1, 0.15) is 32.0 Å². The van der Waals surface area contributed by atoms with Crippen molar-refractivity contribution in [2.45, 2.75) is 37.6 Å². The van der Waals surface area contributed by atoms with E-state index >= 15 is 0 Å². The predicted octanol–water partition coefficient (Wildman–Crippen LogP) is 2.72. The third-order valence-corrected chi connectivity index (χ3v) is 5.49. The van der Waals surface area contributed by atoms with Gasteiger partial charge in [0.1, 0.15) is 0 Å². The van der Waals surface area contributed by atoms with Gasteiger partial charge >= 0.3 is 6.03 Å². The molecule has 0 saturated heterocycles. The molecular weight excluding hydrogens is 446 g/mol. The average Bonchev–Trinajstić information content (AvgIpc) is 3.23. The Kier molecular flexibility index (Phi) is 7.41. The SMILES string of the molecule is CC(C)n1cc(CCC(=O)Nc2ccc(NC(=O)Nc3ccc(S(N)(=O)=O)cc3)cc2)nn1. The summed E-state index contributed by atoms with van der Waals surface area (Å²) < 4.78 is 24.3. The Hall–Kier alpha value is -3.77. The first-order chi connectivity index (χ1) is 15.6. The maximum atomic E-state index is 12.2. The van der Waals surface area contributed by atoms with E-state index in [4.69, 9.17) is 5.14 Å². The lowest BCUT2D eigenvalue weighted by Crippen LogP contribution is -2.19. The molecule has 0 unspecified atom stereocenters. The van der Waals surface area contributed by atoms with Gasteiger partial charge in [-0.3, -0.25) is 4.79 Å². The molecule has 0 saturated carbocycles. The zero-order valence-electron chi connectivity index (χ0n) is 18.1. The van der Waals surface area contributed by atoms with E-state index in [0.29, 0.717) is 23.5 Å². The lowest BCUT2D eigenvalue weighted by Gasteiger charge is -2.09. The first-order valence-electron chi connectivity index (χ1n) is 10.1. The van der Waals surface area contributed by atoms with Crippen LogP contribution >= 0.6 is 0 Å². The number of nitrogens with two attached hydrogens (primary N) is 1. The highest BCUT2D eigenvalue weighted by Crippen LogP contribution is 2.16. The van der Waals surface area contributed by atoms with Crippen LogP contribution in [0.2, 0.25) is 0 Å². The van der Waals surface area contributed by atoms with Crippen molar-refractivity contribution >= 4 is 39.0 Å². The second-order valence-electron chi connectivity index (χ2n) is 7.56. The number of nitrogens with zero attached hydrogens (tertiary/aromatic N) is 3. The Morgan fingerprint density at radius 3 is 1.94 bits per heavy atom. The molecule has 0 aliphatic heterocycles. The summed E-state index contributed by atoms with van der Waals surface area (Å²) in [4.78, 5) is 24.3. The number of aryl methyl sites for hydroxylation is 1. The standard InChI is InChI=1S/C21H25N7O4S/c1-14(2)28-13-18(26-27-28)9-12-20(29)23-15-3-5-16(6-4-15)24-21(30)25-17-7-10-19(11-8-17)33(22,31)32/h3-8,10-11,13-14H,9,12H2,1-2H3,(H,23,29)(H2,22,31,32)(H2,24,25,30). The molecule has 3 amide bonds. The number of primary sulfonamides is 1. The van der Waals surface area contributed by atoms with E-state index in [1.165, 1.54) is 24.3 Å². The van der Waals surface area contributed by atoms with Gasteiger partial charge in [0.05, 0.1) is 10.6 Å². The van der Waals surface area contributed by atoms with Gasteiger partial charge in [-0.2, -0.15) is 0 Å². The summed E-state index contributed by atoms with van der Waals surface area (Å²) in [7, 11) is -3.79. The molecule has 0 bridgehead atoms. The fraction of sp³-hybridized carbons (Fsp3) is 0.238. The molecule has 3 rings (SSSR count). The highest BCUT2D eigenvalue weighted by molar-refractivity contribution is 7.89. The average molecular weight is 472 g/mol. The van der Waals surface area contributed by atoms with Crippen molar-refractivity contribution in [3.63, 3.8) is 0 Å². The third kappa shape index (κ3) is 7.12. The van der Waals surface area contributed by atoms with Crippen LogP contribution in [-0.4, -0.2) is 35.3 Å². The van der Waals surface area contributed by atoms with Crippen molar-refractivity contribution in [1.82, 2.24) is 15.0 Å². The quantitative estimate of drug-likeness (QED) is 0.395. The maximum Gasteiger partial charge on any atom is 0.323 e. The summed E-state index contributed by atoms with van der Waals surface area (Å²) in [6.45, 7) is 4.00. The van der Waals surface area contributed by atoms with Gasteiger partial charge in [-0.15, -0.1) is 5.10 Å². The van der Waals surface area contributed by atoms with Crippen molar-refractivity contribution in [3.05, 3.63) is 60.4 Å². The van der Waals surface area contributed by atoms with Crippen LogP contribution in [0.4, 0.5) is 21.9 Å². The van der Waals surface area contributed by atoms with Gasteiger partial charge in [-0.1, -0.05) is 5.21 Å². The molecule has 11 nitrogen and oxygen atoms in total. The van der Waals surface area contributed by atoms with E-state index in [1.54, 1.807) is 28.9 Å². The van der Waals surface area contributed by atoms with Crippen molar-refractivity contribution in [3.8, 4) is 0 Å². The van der Waals surface area contributed by atoms with Crippen molar-refractivity contribution < 1.29 is 18.0 Å². The fourth-order valence-corrected chi connectivity index (χ4v) is 3.32. The number of carbonyl (C=O) groups excluding carboxylic acids is 2. The van der Waals surface area contributed by atoms with E-state index in [1.807, 2.05) is 20.0 Å². The molecule has 0 atom stereocenters. The topological polar surface area (TPSA) is 161 Å². The largest absolute Gasteiger partial charge is 0.326 e. The van der Waals surface area contributed by atoms with E-state index in [9.17, 15) is 18.0 Å². The molecule has 3 aromatic rings. The third-order valence-electron chi connectivity index (χ3n) is 4.56. The highest BCUT2D eigenvalue weighted by atomic mass is 32.2. The van der Waals surface area contributed by atoms with E-state index in [0.717, 1.165) is 5.69 Å². The molecule has 0 radical (unpaired) electrons. The van der Waals surface area contributed by atoms with Crippen LogP contribution in [-0.2, 0) is 21.2 Å². The first kappa shape index (κ1) is 23.9. The molecule has 0 aliphatic rings. The number of carbonyl (C=O) groups is 2. The minimum Gasteiger partial charge on any atom is -0.326 e. The second-order valence-corrected chi connectivity index (χ2v) is 9.12. The number of sulfonamides is 1. The minimum atomic E-state index is -3.79. The number of rotatable bonds is 8. The normalized spacial score (nSPS) is 11.3. The summed E-state index contributed by atoms with van der Waals surface area (Å²) in [5.74, 6) is -0.157. The van der Waals surface area contributed by atoms with Gasteiger partial charge in [-0.05, 0) is 62.4 Å². The molecule has 0 fully saturated rings. The minimum absolute atomic E-state index is 0.0482. The Bertz CT molecular complexity index is 1220. The fourth-order valence-electron chi connectivity index (χ4n) is 2.80. The summed E-state index contributed by atoms with van der Waals surface area (Å²) in [6.07, 6.45) is 2.58. The van der Waals surface area contributed by atoms with Crippen LogP contribution in [0.25, 0.3) is 0 Å². The van der Waals surface area contributed by atoms with Gasteiger partial charge < -0.3 is 16.0 Å². The Morgan fingerprint density at radius 1 is 0.939 bits per heavy atom. The highest BCUT2D eigenvalue weighted by Gasteiger charge is 2.10. The van der Waals surface area contributed by atoms with E-state index in [-0.39, 0.29) is 23.3 Å². The van der Waals surface area contributed by atoms with Crippen LogP contribution < -0.4 is 21.1 Å². The number of aromatic nitrogens is 3. The van der Waals surface area contributed by atoms with E-state index < -0.39 is 16.1 Å². The Balaban J connectivity index is 1.47. The molecule has 174 valence electrons. The molecule has 1 aromatic heterocycles. The van der Waals surface area contributed by atoms with Crippen LogP contribution in [0, 0.1) is 0 Å². The number of hydrogen-bond donors (Lipinski definition) is 4. The van der Waals surface area contributed by atoms with Crippen LogP contribution in [0.3, 0.4) is 0 Å². The summed E-state index contributed by atoms with van der Waals surface area (Å²) in [5, 5.41) is 21.2. The molecular formula is C21H25N7O4S. The first-order valence-corrected chi connectivity index (χ1v) is 11.7. The smallest absolute Gasteiger partial charge is 0.323 e. The van der Waals surface area contributed by atoms with Crippen LogP contribution in [0.5, 0.6) is 0 Å². The zero-order valence-corrected chi connectivity index (χ0v) is 19.0. The molecule has 12 heteroatoms. The van der Waals surface area contributed by atoms with Gasteiger partial charge in [-0.25, -0.2) is 23.0 Å². The van der Waals surface area contributed by atoms with Gasteiger partial charge in [0.15, 0.2) is 0 Å². The van der Waals surface area contributed by atoms with Crippen molar-refractivity contribution in [1.29, 1.82) is 0 Å². The van der Waals surface area contributed by atoms with Crippen molar-refractivity contribution in [2.24, 2.45) is 5.14 Å². The number of nitrogens with one attached hydrogen (secondary N) is 3. The van der Waals surface area contributed by atoms with Gasteiger partial charge in [0, 0.05) is 42.1 Å². The molecule has 2 aromatic carbocycles. The zero-order chi connectivity index (χ0) is 24.0. The van der Waals surface area contributed by atoms with E-state index in [2.05, 4.69) is 26.3 Å². The van der Waals surface area contributed by atoms with Crippen molar-refractivity contribution in [2.75, 3.05) is 16.0 Å². The molecule has 0 spiro atoms. The predicted molar refractivity (Wildman–Crippen MR) is 124 cm³/mol. The summed E-state index contributed by atoms with van der Waals surface area (Å²) in [5.41, 5.74) is 2.26. The Labute approximate surface area is 191 Å². The lowest BCUT2D eigenvalue weighted by atomic mass is 10.2. The number of urea groups is 1. The summed E-state index contributed by atoms with van der Waals surface area (Å²) in [6, 6.07) is 11.8. The molecule has 33 heavy (non-hydrogen) atoms. The molecule has 1 heterocycles. The maximum absolute atomic E-state index is 12.2. The second kappa shape index (κ2) is 10.2. The lowest BCUT2D eigenvalue weighted by molar-refractivity contribution is -0.116. The summed E-state index contributed by atoms with van der Waals surface area (Å²) >= 11 is 0. The number of amides is 3. The van der Waals surface area contributed by atoms with Gasteiger partial charge in [0.2, 0.25) is 15.9 Å². The van der Waals surface area contributed by atoms with Crippen LogP contribution in [0.15, 0.2) is 59.6 Å². The number of anilines is 3. The molecule has 0 aliphatic carbocycles. The van der Waals surface area contributed by atoms with Gasteiger partial charge in [0.25, 0.3) is 0 Å². The molecule has 5 N–H and O–H groups in total. The number of benzene rings is 2. The monoisotopic (exact) mass is 471 g/mol. The number of hydrogen-bond acceptors (Lipinski definition) is 6. The Morgan fingerprint density at radius 2 is 1.45 bits per heavy atom.